The second kappa shape index (κ2) is 13.0. The molecule has 0 saturated heterocycles. The molecule has 0 unspecified atom stereocenters. The topological polar surface area (TPSA) is 152 Å². The molecule has 0 spiro atoms. The number of hydrazone groups is 2. The van der Waals surface area contributed by atoms with Gasteiger partial charge in [-0.1, -0.05) is 24.3 Å². The molecule has 0 atom stereocenters. The van der Waals surface area contributed by atoms with Crippen molar-refractivity contribution in [1.29, 1.82) is 0 Å². The van der Waals surface area contributed by atoms with Crippen molar-refractivity contribution < 1.29 is 38.2 Å². The van der Waals surface area contributed by atoms with E-state index in [1.165, 1.54) is 61.0 Å². The number of benzene rings is 5. The monoisotopic (exact) mass is 662 g/mol. The lowest BCUT2D eigenvalue weighted by Gasteiger charge is -2.08. The summed E-state index contributed by atoms with van der Waals surface area (Å²) < 4.78 is 10.9. The van der Waals surface area contributed by atoms with Crippen molar-refractivity contribution in [1.82, 2.24) is 10.0 Å². The van der Waals surface area contributed by atoms with Crippen molar-refractivity contribution in [2.45, 2.75) is 0 Å². The number of rotatable bonds is 8. The molecular formula is C38H22N4O8. The number of fused-ring (bicyclic) bond motifs is 2. The summed E-state index contributed by atoms with van der Waals surface area (Å²) in [6.45, 7) is 0. The molecule has 50 heavy (non-hydrogen) atoms. The van der Waals surface area contributed by atoms with E-state index in [0.717, 1.165) is 10.0 Å². The number of hydrogen-bond acceptors (Lipinski definition) is 10. The predicted molar refractivity (Wildman–Crippen MR) is 178 cm³/mol. The highest BCUT2D eigenvalue weighted by Gasteiger charge is 2.36. The number of carbonyl (C=O) groups excluding carboxylic acids is 6. The number of amides is 4. The van der Waals surface area contributed by atoms with E-state index in [0.29, 0.717) is 33.4 Å². The molecule has 2 aliphatic heterocycles. The van der Waals surface area contributed by atoms with Crippen LogP contribution in [0.3, 0.4) is 0 Å². The first-order valence-electron chi connectivity index (χ1n) is 15.0. The summed E-state index contributed by atoms with van der Waals surface area (Å²) in [6.07, 6.45) is 2.71. The Labute approximate surface area is 283 Å². The van der Waals surface area contributed by atoms with Crippen LogP contribution in [0.2, 0.25) is 0 Å². The maximum absolute atomic E-state index is 12.7. The first-order chi connectivity index (χ1) is 24.3. The largest absolute Gasteiger partial charge is 0.423 e. The van der Waals surface area contributed by atoms with Gasteiger partial charge in [0.25, 0.3) is 23.6 Å². The van der Waals surface area contributed by atoms with Crippen molar-refractivity contribution in [2.75, 3.05) is 0 Å². The van der Waals surface area contributed by atoms with Gasteiger partial charge in [0.1, 0.15) is 11.5 Å². The normalized spacial score (nSPS) is 13.7. The molecule has 242 valence electrons. The zero-order valence-corrected chi connectivity index (χ0v) is 25.8. The van der Waals surface area contributed by atoms with Gasteiger partial charge in [-0.2, -0.15) is 20.2 Å². The zero-order valence-electron chi connectivity index (χ0n) is 25.8. The number of imide groups is 2. The molecule has 2 heterocycles. The number of hydrogen-bond donors (Lipinski definition) is 0. The molecule has 7 rings (SSSR count). The third-order valence-electron chi connectivity index (χ3n) is 7.73. The number of carbonyl (C=O) groups is 6. The second-order valence-electron chi connectivity index (χ2n) is 10.9. The summed E-state index contributed by atoms with van der Waals surface area (Å²) in [7, 11) is 0. The Bertz CT molecular complexity index is 2050. The van der Waals surface area contributed by atoms with E-state index in [2.05, 4.69) is 10.2 Å². The standard InChI is InChI=1S/C38H22N4O8/c43-33-29-5-1-2-6-30(29)34(44)41(33)39-21-23-9-17-27(18-10-23)49-37(47)25-13-15-26(16-14-25)38(48)50-28-19-11-24(12-20-28)22-40-42-35(45)31-7-3-4-8-32(31)36(42)46/h1-22H/b39-21+,40-22+. The molecule has 5 aromatic carbocycles. The van der Waals surface area contributed by atoms with Gasteiger partial charge in [-0.15, -0.1) is 0 Å². The smallest absolute Gasteiger partial charge is 0.343 e. The van der Waals surface area contributed by atoms with Crippen LogP contribution in [0.25, 0.3) is 0 Å². The van der Waals surface area contributed by atoms with Gasteiger partial charge in [-0.05, 0) is 108 Å². The summed E-state index contributed by atoms with van der Waals surface area (Å²) in [6, 6.07) is 31.3. The van der Waals surface area contributed by atoms with Crippen molar-refractivity contribution in [2.24, 2.45) is 10.2 Å². The van der Waals surface area contributed by atoms with Crippen LogP contribution in [0, 0.1) is 0 Å². The Morgan fingerprint density at radius 2 is 0.740 bits per heavy atom. The summed E-state index contributed by atoms with van der Waals surface area (Å²) in [5.41, 5.74) is 2.68. The highest BCUT2D eigenvalue weighted by molar-refractivity contribution is 6.22. The molecule has 0 N–H and O–H groups in total. The lowest BCUT2D eigenvalue weighted by atomic mass is 10.1. The van der Waals surface area contributed by atoms with Crippen LogP contribution in [0.1, 0.15) is 73.3 Å². The highest BCUT2D eigenvalue weighted by Crippen LogP contribution is 2.24. The van der Waals surface area contributed by atoms with Gasteiger partial charge in [0.15, 0.2) is 0 Å². The van der Waals surface area contributed by atoms with E-state index in [1.807, 2.05) is 0 Å². The zero-order chi connectivity index (χ0) is 34.8. The average molecular weight is 663 g/mol. The SMILES string of the molecule is O=C(Oc1ccc(/C=N/N2C(=O)c3ccccc3C2=O)cc1)c1ccc(C(=O)Oc2ccc(/C=N/N3C(=O)c4ccccc4C3=O)cc2)cc1. The predicted octanol–water partition coefficient (Wildman–Crippen LogP) is 5.39. The molecule has 0 radical (unpaired) electrons. The number of esters is 2. The number of ether oxygens (including phenoxy) is 2. The third-order valence-corrected chi connectivity index (χ3v) is 7.73. The molecule has 12 nitrogen and oxygen atoms in total. The Morgan fingerprint density at radius 1 is 0.440 bits per heavy atom. The van der Waals surface area contributed by atoms with Crippen molar-refractivity contribution in [3.63, 3.8) is 0 Å². The van der Waals surface area contributed by atoms with Crippen molar-refractivity contribution >= 4 is 48.0 Å². The van der Waals surface area contributed by atoms with Crippen LogP contribution >= 0.6 is 0 Å². The van der Waals surface area contributed by atoms with Crippen LogP contribution in [-0.2, 0) is 0 Å². The lowest BCUT2D eigenvalue weighted by molar-refractivity contribution is 0.0645. The van der Waals surface area contributed by atoms with E-state index < -0.39 is 35.6 Å². The summed E-state index contributed by atoms with van der Waals surface area (Å²) in [4.78, 5) is 75.3. The van der Waals surface area contributed by atoms with Crippen LogP contribution in [0.4, 0.5) is 0 Å². The minimum Gasteiger partial charge on any atom is -0.423 e. The Balaban J connectivity index is 0.912. The third kappa shape index (κ3) is 6.07. The minimum atomic E-state index is -0.657. The minimum absolute atomic E-state index is 0.194. The van der Waals surface area contributed by atoms with Crippen molar-refractivity contribution in [3.8, 4) is 11.5 Å². The first-order valence-corrected chi connectivity index (χ1v) is 15.0. The Hall–Kier alpha value is -7.34. The van der Waals surface area contributed by atoms with Crippen LogP contribution in [0.15, 0.2) is 132 Å². The van der Waals surface area contributed by atoms with Gasteiger partial charge < -0.3 is 9.47 Å². The van der Waals surface area contributed by atoms with E-state index in [4.69, 9.17) is 9.47 Å². The van der Waals surface area contributed by atoms with Crippen LogP contribution < -0.4 is 9.47 Å². The molecule has 4 amide bonds. The summed E-state index contributed by atoms with van der Waals surface area (Å²) in [5.74, 6) is -2.85. The van der Waals surface area contributed by atoms with E-state index >= 15 is 0 Å². The molecule has 2 aliphatic rings. The molecule has 0 aromatic heterocycles. The summed E-state index contributed by atoms with van der Waals surface area (Å²) >= 11 is 0. The maximum Gasteiger partial charge on any atom is 0.343 e. The fourth-order valence-electron chi connectivity index (χ4n) is 5.13. The van der Waals surface area contributed by atoms with Gasteiger partial charge in [0.05, 0.1) is 45.8 Å². The lowest BCUT2D eigenvalue weighted by Crippen LogP contribution is -2.23. The van der Waals surface area contributed by atoms with Gasteiger partial charge in [-0.3, -0.25) is 19.2 Å². The fraction of sp³-hybridized carbons (Fsp3) is 0. The molecule has 0 fully saturated rings. The van der Waals surface area contributed by atoms with Gasteiger partial charge in [0, 0.05) is 0 Å². The number of nitrogens with zero attached hydrogens (tertiary/aromatic N) is 4. The molecule has 0 aliphatic carbocycles. The first kappa shape index (κ1) is 31.3. The Morgan fingerprint density at radius 3 is 1.04 bits per heavy atom. The van der Waals surface area contributed by atoms with E-state index in [-0.39, 0.29) is 22.6 Å². The van der Waals surface area contributed by atoms with Gasteiger partial charge >= 0.3 is 11.9 Å². The van der Waals surface area contributed by atoms with E-state index in [9.17, 15) is 28.8 Å². The molecule has 0 bridgehead atoms. The average Bonchev–Trinajstić information content (AvgIpc) is 3.54. The molecule has 0 saturated carbocycles. The quantitative estimate of drug-likeness (QED) is 0.0929. The van der Waals surface area contributed by atoms with Gasteiger partial charge in [-0.25, -0.2) is 9.59 Å². The Kier molecular flexibility index (Phi) is 8.16. The van der Waals surface area contributed by atoms with Gasteiger partial charge in [0.2, 0.25) is 0 Å². The maximum atomic E-state index is 12.7. The molecule has 5 aromatic rings. The van der Waals surface area contributed by atoms with Crippen LogP contribution in [-0.4, -0.2) is 58.0 Å². The molecule has 12 heteroatoms. The van der Waals surface area contributed by atoms with Crippen molar-refractivity contribution in [3.05, 3.63) is 166 Å². The second-order valence-corrected chi connectivity index (χ2v) is 10.9. The molecular weight excluding hydrogens is 640 g/mol. The highest BCUT2D eigenvalue weighted by atomic mass is 16.5. The fourth-order valence-corrected chi connectivity index (χ4v) is 5.13. The van der Waals surface area contributed by atoms with E-state index in [1.54, 1.807) is 72.8 Å². The van der Waals surface area contributed by atoms with Crippen LogP contribution in [0.5, 0.6) is 11.5 Å². The summed E-state index contributed by atoms with van der Waals surface area (Å²) in [5, 5.41) is 9.66.